The van der Waals surface area contributed by atoms with Crippen molar-refractivity contribution in [2.75, 3.05) is 5.43 Å². The number of nitriles is 1. The first kappa shape index (κ1) is 15.1. The van der Waals surface area contributed by atoms with Crippen LogP contribution in [-0.4, -0.2) is 11.6 Å². The topological polar surface area (TPSA) is 103 Å². The Morgan fingerprint density at radius 1 is 1.33 bits per heavy atom. The number of rotatable bonds is 3. The van der Waals surface area contributed by atoms with E-state index in [2.05, 4.69) is 58.3 Å². The first-order valence-corrected chi connectivity index (χ1v) is 6.76. The summed E-state index contributed by atoms with van der Waals surface area (Å²) in [6, 6.07) is 5.21. The highest BCUT2D eigenvalue weighted by atomic mass is 79.9. The molecular formula is C9H6Br3N5O. The Labute approximate surface area is 128 Å². The largest absolute Gasteiger partial charge is 0.296 e. The summed E-state index contributed by atoms with van der Waals surface area (Å²) < 4.78 is 2.27. The molecule has 9 heteroatoms. The van der Waals surface area contributed by atoms with Crippen LogP contribution in [0.1, 0.15) is 0 Å². The minimum absolute atomic E-state index is 0.376. The van der Waals surface area contributed by atoms with E-state index in [4.69, 9.17) is 11.1 Å². The summed E-state index contributed by atoms with van der Waals surface area (Å²) in [6.45, 7) is 0. The Balaban J connectivity index is 3.03. The lowest BCUT2D eigenvalue weighted by atomic mass is 10.3. The minimum Gasteiger partial charge on any atom is -0.288 e. The zero-order valence-electron chi connectivity index (χ0n) is 8.67. The zero-order chi connectivity index (χ0) is 13.7. The van der Waals surface area contributed by atoms with Gasteiger partial charge in [-0.15, -0.1) is 0 Å². The molecule has 0 unspecified atom stereocenters. The molecule has 18 heavy (non-hydrogen) atoms. The van der Waals surface area contributed by atoms with E-state index >= 15 is 0 Å². The molecule has 0 aliphatic carbocycles. The summed E-state index contributed by atoms with van der Waals surface area (Å²) in [7, 11) is 0. The second-order valence-electron chi connectivity index (χ2n) is 2.90. The lowest BCUT2D eigenvalue weighted by Gasteiger charge is -2.07. The lowest BCUT2D eigenvalue weighted by molar-refractivity contribution is -0.114. The van der Waals surface area contributed by atoms with Gasteiger partial charge in [-0.2, -0.15) is 10.4 Å². The minimum atomic E-state index is -0.769. The number of benzene rings is 1. The Morgan fingerprint density at radius 3 is 2.33 bits per heavy atom. The van der Waals surface area contributed by atoms with Crippen LogP contribution in [0.2, 0.25) is 0 Å². The van der Waals surface area contributed by atoms with E-state index in [1.807, 2.05) is 5.43 Å². The predicted octanol–water partition coefficient (Wildman–Crippen LogP) is 2.26. The fourth-order valence-corrected chi connectivity index (χ4v) is 3.39. The van der Waals surface area contributed by atoms with Crippen molar-refractivity contribution in [2.24, 2.45) is 10.9 Å². The fraction of sp³-hybridized carbons (Fsp3) is 0. The molecule has 0 aliphatic rings. The van der Waals surface area contributed by atoms with Gasteiger partial charge < -0.3 is 0 Å². The molecule has 0 spiro atoms. The molecule has 0 atom stereocenters. The number of hydrogen-bond donors (Lipinski definition) is 3. The highest BCUT2D eigenvalue weighted by Crippen LogP contribution is 2.34. The molecule has 0 fully saturated rings. The lowest BCUT2D eigenvalue weighted by Crippen LogP contribution is -2.36. The van der Waals surface area contributed by atoms with Gasteiger partial charge in [0.05, 0.1) is 5.69 Å². The van der Waals surface area contributed by atoms with Gasteiger partial charge in [0.2, 0.25) is 5.71 Å². The molecular weight excluding hydrogens is 434 g/mol. The SMILES string of the molecule is N#C/C(=N/Nc1c(Br)cc(Br)cc1Br)C(=O)NN. The third kappa shape index (κ3) is 3.78. The predicted molar refractivity (Wildman–Crippen MR) is 78.5 cm³/mol. The third-order valence-electron chi connectivity index (χ3n) is 1.74. The summed E-state index contributed by atoms with van der Waals surface area (Å²) >= 11 is 9.97. The number of anilines is 1. The third-order valence-corrected chi connectivity index (χ3v) is 3.45. The van der Waals surface area contributed by atoms with E-state index in [9.17, 15) is 4.79 Å². The molecule has 0 bridgehead atoms. The standard InChI is InChI=1S/C9H6Br3N5O/c10-4-1-5(11)8(6(12)2-4)17-16-7(3-13)9(18)15-14/h1-2,17H,14H2,(H,15,18)/b16-7-. The summed E-state index contributed by atoms with van der Waals surface area (Å²) in [5.41, 5.74) is 4.64. The number of amides is 1. The molecule has 1 rings (SSSR count). The van der Waals surface area contributed by atoms with Gasteiger partial charge in [0, 0.05) is 13.4 Å². The van der Waals surface area contributed by atoms with E-state index < -0.39 is 5.91 Å². The van der Waals surface area contributed by atoms with Crippen molar-refractivity contribution in [1.82, 2.24) is 5.43 Å². The Hall–Kier alpha value is -0.950. The quantitative estimate of drug-likeness (QED) is 0.291. The van der Waals surface area contributed by atoms with Crippen LogP contribution in [0, 0.1) is 11.3 Å². The summed E-state index contributed by atoms with van der Waals surface area (Å²) in [4.78, 5) is 11.1. The molecule has 6 nitrogen and oxygen atoms in total. The summed E-state index contributed by atoms with van der Waals surface area (Å²) in [5, 5.41) is 12.4. The molecule has 1 amide bonds. The van der Waals surface area contributed by atoms with Crippen LogP contribution in [0.4, 0.5) is 5.69 Å². The van der Waals surface area contributed by atoms with Gasteiger partial charge in [-0.25, -0.2) is 5.84 Å². The van der Waals surface area contributed by atoms with Crippen LogP contribution in [0.15, 0.2) is 30.7 Å². The fourth-order valence-electron chi connectivity index (χ4n) is 0.956. The number of halogens is 3. The Morgan fingerprint density at radius 2 is 1.89 bits per heavy atom. The molecule has 1 aromatic carbocycles. The molecule has 4 N–H and O–H groups in total. The Bertz CT molecular complexity index is 529. The zero-order valence-corrected chi connectivity index (χ0v) is 13.4. The normalized spacial score (nSPS) is 10.7. The highest BCUT2D eigenvalue weighted by Gasteiger charge is 2.10. The number of hydrazone groups is 1. The van der Waals surface area contributed by atoms with Crippen molar-refractivity contribution in [3.8, 4) is 6.07 Å². The van der Waals surface area contributed by atoms with E-state index in [0.29, 0.717) is 14.6 Å². The van der Waals surface area contributed by atoms with Gasteiger partial charge in [-0.05, 0) is 44.0 Å². The van der Waals surface area contributed by atoms with E-state index in [-0.39, 0.29) is 5.71 Å². The molecule has 0 saturated heterocycles. The van der Waals surface area contributed by atoms with E-state index in [1.165, 1.54) is 0 Å². The number of hydrazine groups is 1. The van der Waals surface area contributed by atoms with Crippen molar-refractivity contribution in [3.63, 3.8) is 0 Å². The second-order valence-corrected chi connectivity index (χ2v) is 5.53. The van der Waals surface area contributed by atoms with Gasteiger partial charge in [0.25, 0.3) is 5.91 Å². The van der Waals surface area contributed by atoms with Crippen LogP contribution in [0.25, 0.3) is 0 Å². The van der Waals surface area contributed by atoms with Crippen LogP contribution in [-0.2, 0) is 4.79 Å². The van der Waals surface area contributed by atoms with Crippen LogP contribution in [0.3, 0.4) is 0 Å². The molecule has 0 radical (unpaired) electrons. The number of carbonyl (C=O) groups is 1. The van der Waals surface area contributed by atoms with Gasteiger partial charge in [-0.1, -0.05) is 15.9 Å². The van der Waals surface area contributed by atoms with Crippen LogP contribution in [0.5, 0.6) is 0 Å². The molecule has 1 aromatic rings. The van der Waals surface area contributed by atoms with E-state index in [0.717, 1.165) is 4.47 Å². The Kier molecular flexibility index (Phi) is 5.74. The monoisotopic (exact) mass is 437 g/mol. The first-order valence-electron chi connectivity index (χ1n) is 4.39. The maximum atomic E-state index is 11.1. The maximum Gasteiger partial charge on any atom is 0.296 e. The van der Waals surface area contributed by atoms with Crippen molar-refractivity contribution in [3.05, 3.63) is 25.6 Å². The van der Waals surface area contributed by atoms with Crippen molar-refractivity contribution in [1.29, 1.82) is 5.26 Å². The molecule has 0 heterocycles. The van der Waals surface area contributed by atoms with Crippen LogP contribution < -0.4 is 16.7 Å². The second kappa shape index (κ2) is 6.84. The van der Waals surface area contributed by atoms with Gasteiger partial charge in [0.15, 0.2) is 0 Å². The number of nitrogens with one attached hydrogen (secondary N) is 2. The van der Waals surface area contributed by atoms with Crippen molar-refractivity contribution >= 4 is 65.1 Å². The van der Waals surface area contributed by atoms with Gasteiger partial charge in [-0.3, -0.25) is 15.6 Å². The summed E-state index contributed by atoms with van der Waals surface area (Å²) in [6.07, 6.45) is 0. The molecule has 0 aromatic heterocycles. The van der Waals surface area contributed by atoms with Gasteiger partial charge >= 0.3 is 0 Å². The highest BCUT2D eigenvalue weighted by molar-refractivity contribution is 9.11. The molecule has 94 valence electrons. The number of nitrogens with two attached hydrogens (primary N) is 1. The van der Waals surface area contributed by atoms with Crippen LogP contribution >= 0.6 is 47.8 Å². The molecule has 0 saturated carbocycles. The molecule has 0 aliphatic heterocycles. The summed E-state index contributed by atoms with van der Waals surface area (Å²) in [5.74, 6) is 4.14. The number of hydrogen-bond acceptors (Lipinski definition) is 5. The number of carbonyl (C=O) groups excluding carboxylic acids is 1. The van der Waals surface area contributed by atoms with Crippen molar-refractivity contribution in [2.45, 2.75) is 0 Å². The van der Waals surface area contributed by atoms with Gasteiger partial charge in [0.1, 0.15) is 6.07 Å². The number of nitrogens with zero attached hydrogens (tertiary/aromatic N) is 2. The average molecular weight is 440 g/mol. The smallest absolute Gasteiger partial charge is 0.288 e. The maximum absolute atomic E-state index is 11.1. The first-order chi connectivity index (χ1) is 8.49. The average Bonchev–Trinajstić information content (AvgIpc) is 2.31. The van der Waals surface area contributed by atoms with Crippen molar-refractivity contribution < 1.29 is 4.79 Å². The van der Waals surface area contributed by atoms with E-state index in [1.54, 1.807) is 18.2 Å².